The topological polar surface area (TPSA) is 96.3 Å². The molecule has 1 aliphatic heterocycles. The number of nitrogens with zero attached hydrogens (tertiary/aromatic N) is 1. The number of hydrogen-bond donors (Lipinski definition) is 2. The highest BCUT2D eigenvalue weighted by Gasteiger charge is 2.34. The van der Waals surface area contributed by atoms with Crippen LogP contribution in [0.4, 0.5) is 0 Å². The third kappa shape index (κ3) is 2.47. The number of nitrogens with two attached hydrogens (primary N) is 1. The van der Waals surface area contributed by atoms with E-state index in [9.17, 15) is 13.2 Å². The molecule has 0 saturated carbocycles. The number of H-pyrrole nitrogens is 1. The van der Waals surface area contributed by atoms with Gasteiger partial charge < -0.3 is 9.88 Å². The van der Waals surface area contributed by atoms with Crippen molar-refractivity contribution >= 4 is 15.9 Å². The van der Waals surface area contributed by atoms with Gasteiger partial charge in [0, 0.05) is 31.4 Å². The molecule has 20 heavy (non-hydrogen) atoms. The maximum atomic E-state index is 12.5. The number of amides is 1. The molecule has 1 fully saturated rings. The summed E-state index contributed by atoms with van der Waals surface area (Å²) in [7, 11) is -3.47. The van der Waals surface area contributed by atoms with E-state index in [1.807, 2.05) is 12.4 Å². The normalized spacial score (nSPS) is 21.1. The van der Waals surface area contributed by atoms with Crippen LogP contribution in [0, 0.1) is 5.92 Å². The average molecular weight is 297 g/mol. The first-order valence-corrected chi connectivity index (χ1v) is 8.51. The number of nitrogens with one attached hydrogen (secondary N) is 1. The van der Waals surface area contributed by atoms with Gasteiger partial charge in [-0.3, -0.25) is 4.79 Å². The molecule has 1 aliphatic carbocycles. The maximum absolute atomic E-state index is 12.5. The van der Waals surface area contributed by atoms with Crippen LogP contribution >= 0.6 is 0 Å². The number of aromatic nitrogens is 1. The molecule has 0 radical (unpaired) electrons. The van der Waals surface area contributed by atoms with E-state index in [1.165, 1.54) is 11.1 Å². The summed E-state index contributed by atoms with van der Waals surface area (Å²) >= 11 is 0. The fraction of sp³-hybridized carbons (Fsp3) is 0.615. The minimum absolute atomic E-state index is 0.0145. The van der Waals surface area contributed by atoms with Crippen molar-refractivity contribution in [1.82, 2.24) is 9.88 Å². The number of fused-ring (bicyclic) bond motifs is 1. The number of sulfonamides is 1. The van der Waals surface area contributed by atoms with Gasteiger partial charge >= 0.3 is 0 Å². The molecule has 3 rings (SSSR count). The van der Waals surface area contributed by atoms with Gasteiger partial charge in [0.2, 0.25) is 15.9 Å². The molecule has 0 atom stereocenters. The Balaban J connectivity index is 1.59. The van der Waals surface area contributed by atoms with E-state index in [0.29, 0.717) is 25.9 Å². The second-order valence-electron chi connectivity index (χ2n) is 5.72. The summed E-state index contributed by atoms with van der Waals surface area (Å²) in [5.41, 5.74) is 2.45. The molecule has 2 heterocycles. The summed E-state index contributed by atoms with van der Waals surface area (Å²) in [6.45, 7) is 0.986. The molecule has 1 aromatic heterocycles. The molecule has 0 bridgehead atoms. The maximum Gasteiger partial charge on any atom is 0.226 e. The van der Waals surface area contributed by atoms with Gasteiger partial charge in [0.1, 0.15) is 0 Å². The van der Waals surface area contributed by atoms with Gasteiger partial charge in [-0.2, -0.15) is 0 Å². The largest absolute Gasteiger partial charge is 0.367 e. The van der Waals surface area contributed by atoms with Crippen molar-refractivity contribution < 1.29 is 13.2 Å². The first-order chi connectivity index (χ1) is 9.45. The summed E-state index contributed by atoms with van der Waals surface area (Å²) in [5.74, 6) is 0.162. The number of carbonyl (C=O) groups excluding carboxylic acids is 1. The molecule has 1 amide bonds. The third-order valence-corrected chi connectivity index (χ3v) is 5.83. The summed E-state index contributed by atoms with van der Waals surface area (Å²) < 4.78 is 22.6. The van der Waals surface area contributed by atoms with Gasteiger partial charge in [-0.25, -0.2) is 13.6 Å². The highest BCUT2D eigenvalue weighted by atomic mass is 32.2. The lowest BCUT2D eigenvalue weighted by atomic mass is 10.0. The Hall–Kier alpha value is -1.34. The molecular formula is C13H19N3O3S. The van der Waals surface area contributed by atoms with Crippen LogP contribution in [0.5, 0.6) is 0 Å². The Kier molecular flexibility index (Phi) is 3.33. The summed E-state index contributed by atoms with van der Waals surface area (Å²) in [4.78, 5) is 17.3. The Bertz CT molecular complexity index is 594. The molecule has 1 aromatic rings. The van der Waals surface area contributed by atoms with E-state index in [4.69, 9.17) is 5.14 Å². The van der Waals surface area contributed by atoms with Crippen LogP contribution in [-0.2, 0) is 27.7 Å². The minimum atomic E-state index is -3.47. The fourth-order valence-electron chi connectivity index (χ4n) is 3.25. The molecule has 3 N–H and O–H groups in total. The number of likely N-dealkylation sites (tertiary alicyclic amines) is 1. The van der Waals surface area contributed by atoms with E-state index >= 15 is 0 Å². The Morgan fingerprint density at radius 3 is 2.25 bits per heavy atom. The minimum Gasteiger partial charge on any atom is -0.367 e. The number of primary sulfonamides is 1. The Labute approximate surface area is 118 Å². The van der Waals surface area contributed by atoms with Crippen molar-refractivity contribution in [2.45, 2.75) is 30.9 Å². The molecule has 110 valence electrons. The number of aromatic amines is 1. The van der Waals surface area contributed by atoms with E-state index in [2.05, 4.69) is 4.98 Å². The molecular weight excluding hydrogens is 278 g/mol. The second kappa shape index (κ2) is 4.89. The van der Waals surface area contributed by atoms with Gasteiger partial charge in [-0.05, 0) is 36.8 Å². The van der Waals surface area contributed by atoms with E-state index in [1.54, 1.807) is 4.90 Å². The highest BCUT2D eigenvalue weighted by Crippen LogP contribution is 2.29. The van der Waals surface area contributed by atoms with E-state index in [-0.39, 0.29) is 11.8 Å². The molecule has 2 aliphatic rings. The monoisotopic (exact) mass is 297 g/mol. The Morgan fingerprint density at radius 2 is 1.75 bits per heavy atom. The molecule has 0 aromatic carbocycles. The number of piperidine rings is 1. The molecule has 6 nitrogen and oxygen atoms in total. The number of hydrogen-bond acceptors (Lipinski definition) is 3. The predicted octanol–water partition coefficient (Wildman–Crippen LogP) is 0.00900. The molecule has 1 saturated heterocycles. The van der Waals surface area contributed by atoms with Gasteiger partial charge in [-0.1, -0.05) is 0 Å². The lowest BCUT2D eigenvalue weighted by Crippen LogP contribution is -2.46. The zero-order valence-corrected chi connectivity index (χ0v) is 12.0. The SMILES string of the molecule is NS(=O)(=O)C1CCN(C(=O)C2Cc3c[nH]cc3C2)CC1. The zero-order valence-electron chi connectivity index (χ0n) is 11.2. The van der Waals surface area contributed by atoms with Crippen molar-refractivity contribution in [3.05, 3.63) is 23.5 Å². The van der Waals surface area contributed by atoms with Crippen LogP contribution in [0.3, 0.4) is 0 Å². The van der Waals surface area contributed by atoms with Crippen LogP contribution in [0.1, 0.15) is 24.0 Å². The highest BCUT2D eigenvalue weighted by molar-refractivity contribution is 7.89. The summed E-state index contributed by atoms with van der Waals surface area (Å²) in [6.07, 6.45) is 6.37. The fourth-order valence-corrected chi connectivity index (χ4v) is 4.12. The van der Waals surface area contributed by atoms with Crippen LogP contribution in [0.15, 0.2) is 12.4 Å². The van der Waals surface area contributed by atoms with Crippen molar-refractivity contribution in [3.63, 3.8) is 0 Å². The van der Waals surface area contributed by atoms with E-state index in [0.717, 1.165) is 12.8 Å². The van der Waals surface area contributed by atoms with E-state index < -0.39 is 15.3 Å². The number of carbonyl (C=O) groups is 1. The van der Waals surface area contributed by atoms with Crippen LogP contribution in [0.25, 0.3) is 0 Å². The van der Waals surface area contributed by atoms with Crippen LogP contribution < -0.4 is 5.14 Å². The van der Waals surface area contributed by atoms with Gasteiger partial charge in [0.05, 0.1) is 5.25 Å². The third-order valence-electron chi connectivity index (χ3n) is 4.43. The second-order valence-corrected chi connectivity index (χ2v) is 7.57. The standard InChI is InChI=1S/C13H19N3O3S/c14-20(18,19)12-1-3-16(4-2-12)13(17)9-5-10-7-15-8-11(10)6-9/h7-9,12,15H,1-6H2,(H2,14,18,19). The lowest BCUT2D eigenvalue weighted by molar-refractivity contribution is -0.136. The average Bonchev–Trinajstić information content (AvgIpc) is 2.97. The lowest BCUT2D eigenvalue weighted by Gasteiger charge is -2.32. The molecule has 0 spiro atoms. The van der Waals surface area contributed by atoms with Crippen molar-refractivity contribution in [3.8, 4) is 0 Å². The van der Waals surface area contributed by atoms with Gasteiger partial charge in [0.25, 0.3) is 0 Å². The van der Waals surface area contributed by atoms with Crippen LogP contribution in [0.2, 0.25) is 0 Å². The van der Waals surface area contributed by atoms with Gasteiger partial charge in [0.15, 0.2) is 0 Å². The first kappa shape index (κ1) is 13.6. The predicted molar refractivity (Wildman–Crippen MR) is 74.4 cm³/mol. The van der Waals surface area contributed by atoms with Crippen LogP contribution in [-0.4, -0.2) is 42.5 Å². The van der Waals surface area contributed by atoms with Crippen molar-refractivity contribution in [2.75, 3.05) is 13.1 Å². The summed E-state index contributed by atoms with van der Waals surface area (Å²) in [6, 6.07) is 0. The smallest absolute Gasteiger partial charge is 0.226 e. The zero-order chi connectivity index (χ0) is 14.3. The Morgan fingerprint density at radius 1 is 1.20 bits per heavy atom. The van der Waals surface area contributed by atoms with Crippen molar-refractivity contribution in [1.29, 1.82) is 0 Å². The van der Waals surface area contributed by atoms with Crippen molar-refractivity contribution in [2.24, 2.45) is 11.1 Å². The molecule has 0 unspecified atom stereocenters. The quantitative estimate of drug-likeness (QED) is 0.804. The number of rotatable bonds is 2. The summed E-state index contributed by atoms with van der Waals surface area (Å²) in [5, 5.41) is 4.67. The first-order valence-electron chi connectivity index (χ1n) is 6.90. The molecule has 7 heteroatoms. The van der Waals surface area contributed by atoms with Gasteiger partial charge in [-0.15, -0.1) is 0 Å².